The summed E-state index contributed by atoms with van der Waals surface area (Å²) in [5, 5.41) is 9.26. The van der Waals surface area contributed by atoms with Gasteiger partial charge < -0.3 is 4.90 Å². The fourth-order valence-electron chi connectivity index (χ4n) is 2.27. The molecule has 0 spiro atoms. The molecule has 0 aromatic heterocycles. The Hall–Kier alpha value is -1.49. The third-order valence-electron chi connectivity index (χ3n) is 3.63. The van der Waals surface area contributed by atoms with E-state index in [2.05, 4.69) is 43.9 Å². The number of nitriles is 1. The Morgan fingerprint density at radius 1 is 1.22 bits per heavy atom. The molecule has 0 atom stereocenters. The van der Waals surface area contributed by atoms with E-state index in [0.29, 0.717) is 5.92 Å². The van der Waals surface area contributed by atoms with E-state index in [-0.39, 0.29) is 0 Å². The van der Waals surface area contributed by atoms with Gasteiger partial charge >= 0.3 is 0 Å². The lowest BCUT2D eigenvalue weighted by Gasteiger charge is -2.28. The SMILES string of the molecule is CCC(CC)CN(CC)c1ccc(C)cc1C#N. The van der Waals surface area contributed by atoms with E-state index in [4.69, 9.17) is 0 Å². The second kappa shape index (κ2) is 7.06. The van der Waals surface area contributed by atoms with Crippen LogP contribution in [0.25, 0.3) is 0 Å². The van der Waals surface area contributed by atoms with Gasteiger partial charge in [-0.15, -0.1) is 0 Å². The molecule has 18 heavy (non-hydrogen) atoms. The van der Waals surface area contributed by atoms with E-state index in [1.165, 1.54) is 12.8 Å². The summed E-state index contributed by atoms with van der Waals surface area (Å²) in [7, 11) is 0. The van der Waals surface area contributed by atoms with Crippen molar-refractivity contribution in [3.63, 3.8) is 0 Å². The van der Waals surface area contributed by atoms with Crippen molar-refractivity contribution in [2.45, 2.75) is 40.5 Å². The highest BCUT2D eigenvalue weighted by atomic mass is 15.1. The van der Waals surface area contributed by atoms with Gasteiger partial charge in [0.1, 0.15) is 6.07 Å². The summed E-state index contributed by atoms with van der Waals surface area (Å²) in [6.45, 7) is 10.7. The van der Waals surface area contributed by atoms with Crippen LogP contribution >= 0.6 is 0 Å². The zero-order valence-corrected chi connectivity index (χ0v) is 12.0. The van der Waals surface area contributed by atoms with Crippen molar-refractivity contribution in [3.8, 4) is 6.07 Å². The lowest BCUT2D eigenvalue weighted by atomic mass is 10.0. The summed E-state index contributed by atoms with van der Waals surface area (Å²) >= 11 is 0. The van der Waals surface area contributed by atoms with Crippen LogP contribution in [0.4, 0.5) is 5.69 Å². The number of hydrogen-bond acceptors (Lipinski definition) is 2. The first-order valence-electron chi connectivity index (χ1n) is 6.91. The Balaban J connectivity index is 2.98. The van der Waals surface area contributed by atoms with Crippen molar-refractivity contribution in [2.75, 3.05) is 18.0 Å². The maximum atomic E-state index is 9.26. The zero-order valence-electron chi connectivity index (χ0n) is 12.0. The molecule has 0 fully saturated rings. The second-order valence-electron chi connectivity index (χ2n) is 4.85. The van der Waals surface area contributed by atoms with Crippen LogP contribution in [0.2, 0.25) is 0 Å². The molecule has 2 nitrogen and oxygen atoms in total. The molecular formula is C16H24N2. The van der Waals surface area contributed by atoms with Gasteiger partial charge in [0.05, 0.1) is 11.3 Å². The monoisotopic (exact) mass is 244 g/mol. The van der Waals surface area contributed by atoms with Crippen molar-refractivity contribution in [1.82, 2.24) is 0 Å². The normalized spacial score (nSPS) is 10.4. The quantitative estimate of drug-likeness (QED) is 0.752. The molecule has 1 aromatic rings. The van der Waals surface area contributed by atoms with Gasteiger partial charge in [0.15, 0.2) is 0 Å². The predicted molar refractivity (Wildman–Crippen MR) is 77.9 cm³/mol. The molecule has 0 saturated carbocycles. The van der Waals surface area contributed by atoms with E-state index in [0.717, 1.165) is 29.9 Å². The van der Waals surface area contributed by atoms with Crippen molar-refractivity contribution in [3.05, 3.63) is 29.3 Å². The summed E-state index contributed by atoms with van der Waals surface area (Å²) in [5.41, 5.74) is 3.02. The molecule has 2 heteroatoms. The molecular weight excluding hydrogens is 220 g/mol. The minimum absolute atomic E-state index is 0.706. The number of rotatable bonds is 6. The third-order valence-corrected chi connectivity index (χ3v) is 3.63. The number of benzene rings is 1. The Labute approximate surface area is 111 Å². The molecule has 0 aliphatic carbocycles. The number of aryl methyl sites for hydroxylation is 1. The van der Waals surface area contributed by atoms with Crippen LogP contribution in [-0.4, -0.2) is 13.1 Å². The van der Waals surface area contributed by atoms with Crippen molar-refractivity contribution in [1.29, 1.82) is 5.26 Å². The second-order valence-corrected chi connectivity index (χ2v) is 4.85. The first-order valence-corrected chi connectivity index (χ1v) is 6.91. The van der Waals surface area contributed by atoms with Crippen LogP contribution in [-0.2, 0) is 0 Å². The summed E-state index contributed by atoms with van der Waals surface area (Å²) < 4.78 is 0. The Morgan fingerprint density at radius 3 is 2.39 bits per heavy atom. The van der Waals surface area contributed by atoms with Crippen molar-refractivity contribution in [2.24, 2.45) is 5.92 Å². The fourth-order valence-corrected chi connectivity index (χ4v) is 2.27. The smallest absolute Gasteiger partial charge is 0.101 e. The van der Waals surface area contributed by atoms with Crippen LogP contribution in [0.15, 0.2) is 18.2 Å². The van der Waals surface area contributed by atoms with Gasteiger partial charge in [-0.1, -0.05) is 32.8 Å². The third kappa shape index (κ3) is 3.50. The lowest BCUT2D eigenvalue weighted by molar-refractivity contribution is 0.486. The topological polar surface area (TPSA) is 27.0 Å². The average Bonchev–Trinajstić information content (AvgIpc) is 2.41. The van der Waals surface area contributed by atoms with Crippen LogP contribution in [0.1, 0.15) is 44.7 Å². The van der Waals surface area contributed by atoms with E-state index in [1.807, 2.05) is 13.0 Å². The first-order chi connectivity index (χ1) is 8.65. The largest absolute Gasteiger partial charge is 0.370 e. The van der Waals surface area contributed by atoms with Gasteiger partial charge in [-0.25, -0.2) is 0 Å². The molecule has 0 amide bonds. The van der Waals surface area contributed by atoms with E-state index >= 15 is 0 Å². The zero-order chi connectivity index (χ0) is 13.5. The Morgan fingerprint density at radius 2 is 1.89 bits per heavy atom. The van der Waals surface area contributed by atoms with Gasteiger partial charge in [-0.2, -0.15) is 5.26 Å². The summed E-state index contributed by atoms with van der Waals surface area (Å²) in [5.74, 6) is 0.706. The van der Waals surface area contributed by atoms with Gasteiger partial charge in [-0.05, 0) is 37.5 Å². The van der Waals surface area contributed by atoms with Crippen molar-refractivity contribution >= 4 is 5.69 Å². The molecule has 0 saturated heterocycles. The molecule has 0 aliphatic rings. The highest BCUT2D eigenvalue weighted by Crippen LogP contribution is 2.23. The van der Waals surface area contributed by atoms with E-state index in [1.54, 1.807) is 0 Å². The molecule has 0 unspecified atom stereocenters. The molecule has 0 aliphatic heterocycles. The first kappa shape index (κ1) is 14.6. The van der Waals surface area contributed by atoms with Gasteiger partial charge in [0.25, 0.3) is 0 Å². The summed E-state index contributed by atoms with van der Waals surface area (Å²) in [4.78, 5) is 2.33. The average molecular weight is 244 g/mol. The molecule has 0 N–H and O–H groups in total. The molecule has 1 aromatic carbocycles. The molecule has 0 bridgehead atoms. The molecule has 98 valence electrons. The molecule has 0 radical (unpaired) electrons. The Bertz CT molecular complexity index is 414. The van der Waals surface area contributed by atoms with Gasteiger partial charge in [0.2, 0.25) is 0 Å². The minimum Gasteiger partial charge on any atom is -0.370 e. The maximum absolute atomic E-state index is 9.26. The van der Waals surface area contributed by atoms with Gasteiger partial charge in [0, 0.05) is 13.1 Å². The van der Waals surface area contributed by atoms with Crippen LogP contribution in [0.5, 0.6) is 0 Å². The number of nitrogens with zero attached hydrogens (tertiary/aromatic N) is 2. The van der Waals surface area contributed by atoms with E-state index < -0.39 is 0 Å². The summed E-state index contributed by atoms with van der Waals surface area (Å²) in [6.07, 6.45) is 2.39. The molecule has 0 heterocycles. The summed E-state index contributed by atoms with van der Waals surface area (Å²) in [6, 6.07) is 8.47. The standard InChI is InChI=1S/C16H24N2/c1-5-14(6-2)12-18(7-3)16-9-8-13(4)10-15(16)11-17/h8-10,14H,5-7,12H2,1-4H3. The maximum Gasteiger partial charge on any atom is 0.101 e. The number of anilines is 1. The van der Waals surface area contributed by atoms with Crippen LogP contribution in [0, 0.1) is 24.2 Å². The minimum atomic E-state index is 0.706. The highest BCUT2D eigenvalue weighted by molar-refractivity contribution is 5.60. The van der Waals surface area contributed by atoms with Gasteiger partial charge in [-0.3, -0.25) is 0 Å². The predicted octanol–water partition coefficient (Wildman–Crippen LogP) is 4.13. The van der Waals surface area contributed by atoms with E-state index in [9.17, 15) is 5.26 Å². The molecule has 1 rings (SSSR count). The number of hydrogen-bond donors (Lipinski definition) is 0. The van der Waals surface area contributed by atoms with Crippen LogP contribution < -0.4 is 4.90 Å². The Kier molecular flexibility index (Phi) is 5.71. The fraction of sp³-hybridized carbons (Fsp3) is 0.562. The lowest BCUT2D eigenvalue weighted by Crippen LogP contribution is -2.29. The highest BCUT2D eigenvalue weighted by Gasteiger charge is 2.13. The van der Waals surface area contributed by atoms with Crippen molar-refractivity contribution < 1.29 is 0 Å². The van der Waals surface area contributed by atoms with Crippen LogP contribution in [0.3, 0.4) is 0 Å².